The lowest BCUT2D eigenvalue weighted by atomic mass is 10.1. The van der Waals surface area contributed by atoms with Crippen LogP contribution in [-0.2, 0) is 0 Å². The van der Waals surface area contributed by atoms with Crippen molar-refractivity contribution in [1.29, 1.82) is 5.26 Å². The van der Waals surface area contributed by atoms with E-state index in [9.17, 15) is 10.1 Å². The summed E-state index contributed by atoms with van der Waals surface area (Å²) in [7, 11) is 0. The number of aromatic nitrogens is 1. The van der Waals surface area contributed by atoms with Crippen LogP contribution in [0.5, 0.6) is 0 Å². The standard InChI is InChI=1S/C22H13ClN2O2S/c1-13-2-4-14(5-3-13)8-16(11-24)21-25-19(12-28-21)18-10-15-9-17(23)6-7-20(15)27-22(18)26/h2-10,12H,1H3. The quantitative estimate of drug-likeness (QED) is 0.313. The molecule has 0 saturated carbocycles. The van der Waals surface area contributed by atoms with Gasteiger partial charge >= 0.3 is 5.63 Å². The first kappa shape index (κ1) is 18.2. The van der Waals surface area contributed by atoms with E-state index in [1.165, 1.54) is 11.3 Å². The summed E-state index contributed by atoms with van der Waals surface area (Å²) in [6.45, 7) is 2.01. The lowest BCUT2D eigenvalue weighted by Gasteiger charge is -2.00. The summed E-state index contributed by atoms with van der Waals surface area (Å²) in [6.07, 6.45) is 1.78. The Morgan fingerprint density at radius 2 is 2.00 bits per heavy atom. The fraction of sp³-hybridized carbons (Fsp3) is 0.0455. The number of nitriles is 1. The predicted molar refractivity (Wildman–Crippen MR) is 113 cm³/mol. The van der Waals surface area contributed by atoms with E-state index in [0.717, 1.165) is 11.1 Å². The molecule has 2 aromatic carbocycles. The number of hydrogen-bond acceptors (Lipinski definition) is 5. The molecule has 0 aliphatic carbocycles. The zero-order valence-corrected chi connectivity index (χ0v) is 16.3. The number of rotatable bonds is 3. The average Bonchev–Trinajstić information content (AvgIpc) is 3.17. The number of benzene rings is 2. The second-order valence-corrected chi connectivity index (χ2v) is 7.54. The second kappa shape index (κ2) is 7.43. The average molecular weight is 405 g/mol. The van der Waals surface area contributed by atoms with Gasteiger partial charge in [0.05, 0.1) is 16.8 Å². The van der Waals surface area contributed by atoms with E-state index in [1.54, 1.807) is 35.7 Å². The highest BCUT2D eigenvalue weighted by Crippen LogP contribution is 2.28. The summed E-state index contributed by atoms with van der Waals surface area (Å²) in [5.74, 6) is 0. The van der Waals surface area contributed by atoms with Crippen LogP contribution in [0.4, 0.5) is 0 Å². The Morgan fingerprint density at radius 1 is 1.21 bits per heavy atom. The molecule has 0 bridgehead atoms. The molecule has 2 heterocycles. The van der Waals surface area contributed by atoms with Gasteiger partial charge in [-0.2, -0.15) is 5.26 Å². The molecule has 0 aliphatic heterocycles. The van der Waals surface area contributed by atoms with Crippen LogP contribution in [0.15, 0.2) is 63.1 Å². The molecule has 2 aromatic heterocycles. The molecule has 4 aromatic rings. The molecule has 4 nitrogen and oxygen atoms in total. The van der Waals surface area contributed by atoms with Gasteiger partial charge in [0.15, 0.2) is 0 Å². The Balaban J connectivity index is 1.75. The first-order chi connectivity index (χ1) is 13.5. The van der Waals surface area contributed by atoms with Gasteiger partial charge in [-0.3, -0.25) is 0 Å². The van der Waals surface area contributed by atoms with Crippen molar-refractivity contribution in [2.45, 2.75) is 6.92 Å². The Kier molecular flexibility index (Phi) is 4.82. The molecule has 0 unspecified atom stereocenters. The molecular weight excluding hydrogens is 392 g/mol. The molecule has 0 spiro atoms. The van der Waals surface area contributed by atoms with Gasteiger partial charge in [-0.15, -0.1) is 11.3 Å². The molecule has 0 amide bonds. The Labute approximate surface area is 170 Å². The van der Waals surface area contributed by atoms with Gasteiger partial charge in [0, 0.05) is 15.8 Å². The maximum atomic E-state index is 12.4. The van der Waals surface area contributed by atoms with Gasteiger partial charge in [-0.05, 0) is 42.8 Å². The Bertz CT molecular complexity index is 1310. The molecule has 0 atom stereocenters. The van der Waals surface area contributed by atoms with E-state index in [4.69, 9.17) is 16.0 Å². The highest BCUT2D eigenvalue weighted by molar-refractivity contribution is 7.11. The lowest BCUT2D eigenvalue weighted by Crippen LogP contribution is -2.02. The van der Waals surface area contributed by atoms with E-state index in [1.807, 2.05) is 31.2 Å². The topological polar surface area (TPSA) is 66.9 Å². The van der Waals surface area contributed by atoms with Gasteiger partial charge in [-0.1, -0.05) is 41.4 Å². The van der Waals surface area contributed by atoms with Gasteiger partial charge in [0.25, 0.3) is 0 Å². The van der Waals surface area contributed by atoms with E-state index < -0.39 is 5.63 Å². The SMILES string of the molecule is Cc1ccc(C=C(C#N)c2nc(-c3cc4cc(Cl)ccc4oc3=O)cs2)cc1. The van der Waals surface area contributed by atoms with E-state index in [0.29, 0.717) is 37.8 Å². The summed E-state index contributed by atoms with van der Waals surface area (Å²) in [6, 6.07) is 16.8. The van der Waals surface area contributed by atoms with Crippen LogP contribution in [0.2, 0.25) is 5.02 Å². The molecule has 0 saturated heterocycles. The minimum absolute atomic E-state index is 0.338. The number of thiazole rings is 1. The maximum absolute atomic E-state index is 12.4. The summed E-state index contributed by atoms with van der Waals surface area (Å²) in [5.41, 5.74) is 3.30. The smallest absolute Gasteiger partial charge is 0.345 e. The number of fused-ring (bicyclic) bond motifs is 1. The predicted octanol–water partition coefficient (Wildman–Crippen LogP) is 5.94. The van der Waals surface area contributed by atoms with Crippen molar-refractivity contribution in [2.24, 2.45) is 0 Å². The molecule has 0 radical (unpaired) electrons. The molecule has 0 aliphatic rings. The van der Waals surface area contributed by atoms with Crippen molar-refractivity contribution in [3.8, 4) is 17.3 Å². The highest BCUT2D eigenvalue weighted by Gasteiger charge is 2.14. The van der Waals surface area contributed by atoms with E-state index in [2.05, 4.69) is 11.1 Å². The molecule has 6 heteroatoms. The van der Waals surface area contributed by atoms with Gasteiger partial charge in [0.2, 0.25) is 0 Å². The Hall–Kier alpha value is -3.20. The third-order valence-electron chi connectivity index (χ3n) is 4.21. The number of nitrogens with zero attached hydrogens (tertiary/aromatic N) is 2. The molecule has 4 rings (SSSR count). The molecular formula is C22H13ClN2O2S. The van der Waals surface area contributed by atoms with Crippen molar-refractivity contribution in [2.75, 3.05) is 0 Å². The van der Waals surface area contributed by atoms with Gasteiger partial charge in [-0.25, -0.2) is 9.78 Å². The fourth-order valence-corrected chi connectivity index (χ4v) is 3.73. The Morgan fingerprint density at radius 3 is 2.75 bits per heavy atom. The highest BCUT2D eigenvalue weighted by atomic mass is 35.5. The monoisotopic (exact) mass is 404 g/mol. The lowest BCUT2D eigenvalue weighted by molar-refractivity contribution is 0.563. The van der Waals surface area contributed by atoms with Crippen LogP contribution in [-0.4, -0.2) is 4.98 Å². The van der Waals surface area contributed by atoms with Crippen LogP contribution in [0, 0.1) is 18.3 Å². The third-order valence-corrected chi connectivity index (χ3v) is 5.32. The third kappa shape index (κ3) is 3.61. The normalized spacial score (nSPS) is 11.5. The summed E-state index contributed by atoms with van der Waals surface area (Å²) < 4.78 is 5.38. The first-order valence-corrected chi connectivity index (χ1v) is 9.67. The largest absolute Gasteiger partial charge is 0.422 e. The summed E-state index contributed by atoms with van der Waals surface area (Å²) in [5, 5.41) is 13.1. The molecule has 0 fully saturated rings. The number of allylic oxidation sites excluding steroid dienone is 1. The maximum Gasteiger partial charge on any atom is 0.345 e. The van der Waals surface area contributed by atoms with E-state index >= 15 is 0 Å². The summed E-state index contributed by atoms with van der Waals surface area (Å²) >= 11 is 7.34. The van der Waals surface area contributed by atoms with Crippen LogP contribution >= 0.6 is 22.9 Å². The van der Waals surface area contributed by atoms with Crippen LogP contribution in [0.25, 0.3) is 33.9 Å². The number of aryl methyl sites for hydroxylation is 1. The van der Waals surface area contributed by atoms with Crippen LogP contribution in [0.1, 0.15) is 16.1 Å². The fourth-order valence-electron chi connectivity index (χ4n) is 2.77. The second-order valence-electron chi connectivity index (χ2n) is 6.25. The number of halogens is 1. The zero-order valence-electron chi connectivity index (χ0n) is 14.8. The van der Waals surface area contributed by atoms with Crippen molar-refractivity contribution < 1.29 is 4.42 Å². The van der Waals surface area contributed by atoms with Crippen molar-refractivity contribution in [3.05, 3.63) is 85.5 Å². The van der Waals surface area contributed by atoms with Crippen molar-refractivity contribution >= 4 is 45.6 Å². The number of hydrogen-bond donors (Lipinski definition) is 0. The summed E-state index contributed by atoms with van der Waals surface area (Å²) in [4.78, 5) is 16.9. The van der Waals surface area contributed by atoms with Crippen LogP contribution in [0.3, 0.4) is 0 Å². The zero-order chi connectivity index (χ0) is 19.7. The molecule has 0 N–H and O–H groups in total. The van der Waals surface area contributed by atoms with E-state index in [-0.39, 0.29) is 0 Å². The molecule has 136 valence electrons. The van der Waals surface area contributed by atoms with Gasteiger partial charge < -0.3 is 4.42 Å². The van der Waals surface area contributed by atoms with Crippen molar-refractivity contribution in [3.63, 3.8) is 0 Å². The molecule has 28 heavy (non-hydrogen) atoms. The van der Waals surface area contributed by atoms with Gasteiger partial charge in [0.1, 0.15) is 16.7 Å². The van der Waals surface area contributed by atoms with Crippen molar-refractivity contribution in [1.82, 2.24) is 4.98 Å². The minimum atomic E-state index is -0.479. The van der Waals surface area contributed by atoms with Crippen LogP contribution < -0.4 is 5.63 Å². The first-order valence-electron chi connectivity index (χ1n) is 8.41. The minimum Gasteiger partial charge on any atom is -0.422 e.